The van der Waals surface area contributed by atoms with E-state index >= 15 is 0 Å². The largest absolute Gasteiger partial charge is 0.350 e. The lowest BCUT2D eigenvalue weighted by Crippen LogP contribution is -2.31. The molecule has 0 radical (unpaired) electrons. The van der Waals surface area contributed by atoms with Crippen LogP contribution in [0.5, 0.6) is 0 Å². The first-order chi connectivity index (χ1) is 12.1. The molecule has 0 saturated carbocycles. The SMILES string of the molecule is O=C(Cn1cnc(-c2ccc(F)cc2)cc1=O)NCc1ccncc1. The van der Waals surface area contributed by atoms with Crippen molar-refractivity contribution in [1.29, 1.82) is 0 Å². The Morgan fingerprint density at radius 3 is 2.52 bits per heavy atom. The molecule has 6 nitrogen and oxygen atoms in total. The van der Waals surface area contributed by atoms with Crippen molar-refractivity contribution >= 4 is 5.91 Å². The average Bonchev–Trinajstić information content (AvgIpc) is 2.63. The van der Waals surface area contributed by atoms with E-state index in [4.69, 9.17) is 0 Å². The molecule has 1 N–H and O–H groups in total. The van der Waals surface area contributed by atoms with E-state index in [9.17, 15) is 14.0 Å². The Balaban J connectivity index is 1.66. The maximum atomic E-state index is 13.0. The van der Waals surface area contributed by atoms with Crippen molar-refractivity contribution in [3.05, 3.63) is 82.9 Å². The summed E-state index contributed by atoms with van der Waals surface area (Å²) in [5, 5.41) is 2.73. The third kappa shape index (κ3) is 4.35. The second-order valence-electron chi connectivity index (χ2n) is 5.38. The lowest BCUT2D eigenvalue weighted by molar-refractivity contribution is -0.121. The average molecular weight is 338 g/mol. The van der Waals surface area contributed by atoms with Crippen LogP contribution in [0.1, 0.15) is 5.56 Å². The predicted octanol–water partition coefficient (Wildman–Crippen LogP) is 1.76. The van der Waals surface area contributed by atoms with E-state index in [1.807, 2.05) is 0 Å². The summed E-state index contributed by atoms with van der Waals surface area (Å²) in [5.41, 5.74) is 1.63. The van der Waals surface area contributed by atoms with Crippen molar-refractivity contribution in [2.45, 2.75) is 13.1 Å². The maximum Gasteiger partial charge on any atom is 0.254 e. The van der Waals surface area contributed by atoms with Gasteiger partial charge >= 0.3 is 0 Å². The summed E-state index contributed by atoms with van der Waals surface area (Å²) < 4.78 is 14.2. The van der Waals surface area contributed by atoms with Crippen LogP contribution in [0.4, 0.5) is 4.39 Å². The van der Waals surface area contributed by atoms with Gasteiger partial charge in [-0.05, 0) is 42.0 Å². The van der Waals surface area contributed by atoms with Gasteiger partial charge in [-0.25, -0.2) is 9.37 Å². The van der Waals surface area contributed by atoms with E-state index in [0.717, 1.165) is 5.56 Å². The van der Waals surface area contributed by atoms with Crippen LogP contribution in [0, 0.1) is 5.82 Å². The Hall–Kier alpha value is -3.35. The van der Waals surface area contributed by atoms with Crippen LogP contribution in [0.3, 0.4) is 0 Å². The highest BCUT2D eigenvalue weighted by molar-refractivity contribution is 5.75. The summed E-state index contributed by atoms with van der Waals surface area (Å²) in [5.74, 6) is -0.654. The maximum absolute atomic E-state index is 13.0. The number of carbonyl (C=O) groups is 1. The normalized spacial score (nSPS) is 10.4. The van der Waals surface area contributed by atoms with Crippen molar-refractivity contribution in [2.75, 3.05) is 0 Å². The highest BCUT2D eigenvalue weighted by Crippen LogP contribution is 2.14. The number of nitrogens with zero attached hydrogens (tertiary/aromatic N) is 3. The Bertz CT molecular complexity index is 924. The van der Waals surface area contributed by atoms with Crippen LogP contribution in [0.25, 0.3) is 11.3 Å². The van der Waals surface area contributed by atoms with Crippen LogP contribution < -0.4 is 10.9 Å². The molecule has 1 amide bonds. The molecule has 0 fully saturated rings. The third-order valence-corrected chi connectivity index (χ3v) is 3.57. The zero-order valence-electron chi connectivity index (χ0n) is 13.2. The van der Waals surface area contributed by atoms with Crippen molar-refractivity contribution in [3.63, 3.8) is 0 Å². The smallest absolute Gasteiger partial charge is 0.254 e. The molecule has 25 heavy (non-hydrogen) atoms. The molecule has 0 spiro atoms. The number of halogens is 1. The summed E-state index contributed by atoms with van der Waals surface area (Å²) in [6, 6.07) is 10.6. The van der Waals surface area contributed by atoms with Crippen molar-refractivity contribution in [1.82, 2.24) is 19.9 Å². The summed E-state index contributed by atoms with van der Waals surface area (Å²) in [7, 11) is 0. The molecule has 3 rings (SSSR count). The first-order valence-electron chi connectivity index (χ1n) is 7.60. The molecule has 0 aliphatic carbocycles. The van der Waals surface area contributed by atoms with Crippen molar-refractivity contribution in [3.8, 4) is 11.3 Å². The number of carbonyl (C=O) groups excluding carboxylic acids is 1. The molecule has 3 aromatic rings. The summed E-state index contributed by atoms with van der Waals surface area (Å²) in [6.07, 6.45) is 4.60. The van der Waals surface area contributed by atoms with E-state index < -0.39 is 0 Å². The molecule has 126 valence electrons. The number of benzene rings is 1. The number of hydrogen-bond donors (Lipinski definition) is 1. The topological polar surface area (TPSA) is 76.9 Å². The molecule has 0 saturated heterocycles. The van der Waals surface area contributed by atoms with Crippen LogP contribution in [0.15, 0.2) is 66.0 Å². The second kappa shape index (κ2) is 7.48. The fourth-order valence-electron chi connectivity index (χ4n) is 2.24. The van der Waals surface area contributed by atoms with Crippen LogP contribution in [-0.4, -0.2) is 20.4 Å². The second-order valence-corrected chi connectivity index (χ2v) is 5.38. The lowest BCUT2D eigenvalue weighted by atomic mass is 10.1. The number of nitrogens with one attached hydrogen (secondary N) is 1. The van der Waals surface area contributed by atoms with E-state index in [2.05, 4.69) is 15.3 Å². The van der Waals surface area contributed by atoms with Gasteiger partial charge in [-0.15, -0.1) is 0 Å². The number of aromatic nitrogens is 3. The van der Waals surface area contributed by atoms with Gasteiger partial charge in [0.05, 0.1) is 12.0 Å². The molecule has 0 aliphatic heterocycles. The summed E-state index contributed by atoms with van der Waals surface area (Å²) in [4.78, 5) is 32.2. The fraction of sp³-hybridized carbons (Fsp3) is 0.111. The molecule has 0 atom stereocenters. The number of amides is 1. The standard InChI is InChI=1S/C18H15FN4O2/c19-15-3-1-14(2-4-15)16-9-18(25)23(12-22-16)11-17(24)21-10-13-5-7-20-8-6-13/h1-9,12H,10-11H2,(H,21,24). The molecule has 7 heteroatoms. The van der Waals surface area contributed by atoms with Crippen LogP contribution >= 0.6 is 0 Å². The molecular weight excluding hydrogens is 323 g/mol. The number of hydrogen-bond acceptors (Lipinski definition) is 4. The Morgan fingerprint density at radius 1 is 1.12 bits per heavy atom. The predicted molar refractivity (Wildman–Crippen MR) is 90.0 cm³/mol. The molecular formula is C18H15FN4O2. The minimum absolute atomic E-state index is 0.124. The van der Waals surface area contributed by atoms with Crippen molar-refractivity contribution in [2.24, 2.45) is 0 Å². The molecule has 2 heterocycles. The van der Waals surface area contributed by atoms with Gasteiger partial charge in [0.1, 0.15) is 12.4 Å². The molecule has 1 aromatic carbocycles. The van der Waals surface area contributed by atoms with Crippen molar-refractivity contribution < 1.29 is 9.18 Å². The van der Waals surface area contributed by atoms with E-state index in [1.54, 1.807) is 36.7 Å². The van der Waals surface area contributed by atoms with Gasteiger partial charge in [0.25, 0.3) is 5.56 Å². The first kappa shape index (κ1) is 16.5. The number of pyridine rings is 1. The van der Waals surface area contributed by atoms with Gasteiger partial charge in [0.15, 0.2) is 0 Å². The highest BCUT2D eigenvalue weighted by atomic mass is 19.1. The van der Waals surface area contributed by atoms with Gasteiger partial charge in [-0.3, -0.25) is 19.1 Å². The Labute approximate surface area is 143 Å². The van der Waals surface area contributed by atoms with Gasteiger partial charge in [-0.2, -0.15) is 0 Å². The fourth-order valence-corrected chi connectivity index (χ4v) is 2.24. The highest BCUT2D eigenvalue weighted by Gasteiger charge is 2.07. The van der Waals surface area contributed by atoms with E-state index in [-0.39, 0.29) is 23.8 Å². The minimum Gasteiger partial charge on any atom is -0.350 e. The zero-order valence-corrected chi connectivity index (χ0v) is 13.2. The molecule has 0 bridgehead atoms. The van der Waals surface area contributed by atoms with Gasteiger partial charge in [0.2, 0.25) is 5.91 Å². The third-order valence-electron chi connectivity index (χ3n) is 3.57. The zero-order chi connectivity index (χ0) is 17.6. The lowest BCUT2D eigenvalue weighted by Gasteiger charge is -2.08. The minimum atomic E-state index is -0.358. The molecule has 2 aromatic heterocycles. The van der Waals surface area contributed by atoms with Gasteiger partial charge in [0, 0.05) is 30.6 Å². The van der Waals surface area contributed by atoms with E-state index in [0.29, 0.717) is 17.8 Å². The monoisotopic (exact) mass is 338 g/mol. The Morgan fingerprint density at radius 2 is 1.84 bits per heavy atom. The Kier molecular flexibility index (Phi) is 4.94. The summed E-state index contributed by atoms with van der Waals surface area (Å²) in [6.45, 7) is 0.234. The van der Waals surface area contributed by atoms with Gasteiger partial charge < -0.3 is 5.32 Å². The first-order valence-corrected chi connectivity index (χ1v) is 7.60. The van der Waals surface area contributed by atoms with E-state index in [1.165, 1.54) is 29.1 Å². The quantitative estimate of drug-likeness (QED) is 0.769. The number of rotatable bonds is 5. The summed E-state index contributed by atoms with van der Waals surface area (Å²) >= 11 is 0. The van der Waals surface area contributed by atoms with Crippen LogP contribution in [-0.2, 0) is 17.9 Å². The van der Waals surface area contributed by atoms with Gasteiger partial charge in [-0.1, -0.05) is 0 Å². The van der Waals surface area contributed by atoms with Crippen LogP contribution in [0.2, 0.25) is 0 Å². The molecule has 0 aliphatic rings. The molecule has 0 unspecified atom stereocenters.